The number of hydrogen-bond donors (Lipinski definition) is 1. The topological polar surface area (TPSA) is 69.1 Å². The molecule has 120 valence electrons. The lowest BCUT2D eigenvalue weighted by Crippen LogP contribution is -2.15. The smallest absolute Gasteiger partial charge is 0.280 e. The molecule has 0 radical (unpaired) electrons. The van der Waals surface area contributed by atoms with Gasteiger partial charge in [-0.05, 0) is 24.3 Å². The summed E-state index contributed by atoms with van der Waals surface area (Å²) in [6, 6.07) is 12.9. The van der Waals surface area contributed by atoms with Crippen molar-refractivity contribution in [3.05, 3.63) is 59.0 Å². The van der Waals surface area contributed by atoms with Crippen LogP contribution in [-0.4, -0.2) is 29.0 Å². The number of para-hydroxylation sites is 2. The summed E-state index contributed by atoms with van der Waals surface area (Å²) in [5, 5.41) is 4.57. The summed E-state index contributed by atoms with van der Waals surface area (Å²) < 4.78 is 12.1. The van der Waals surface area contributed by atoms with Gasteiger partial charge in [0.15, 0.2) is 0 Å². The van der Waals surface area contributed by atoms with Gasteiger partial charge in [0, 0.05) is 17.6 Å². The molecule has 0 saturated heterocycles. The second-order valence-corrected chi connectivity index (χ2v) is 5.35. The van der Waals surface area contributed by atoms with Gasteiger partial charge in [-0.2, -0.15) is 0 Å². The van der Waals surface area contributed by atoms with Gasteiger partial charge in [0.2, 0.25) is 0 Å². The Hall–Kier alpha value is -3.28. The van der Waals surface area contributed by atoms with Crippen molar-refractivity contribution in [2.45, 2.75) is 0 Å². The Morgan fingerprint density at radius 3 is 2.67 bits per heavy atom. The monoisotopic (exact) mass is 321 g/mol. The molecule has 0 atom stereocenters. The first-order chi connectivity index (χ1) is 11.7. The van der Waals surface area contributed by atoms with E-state index in [1.165, 1.54) is 4.68 Å². The molecule has 0 fully saturated rings. The minimum atomic E-state index is -0.167. The maximum Gasteiger partial charge on any atom is 0.280 e. The molecule has 1 N–H and O–H groups in total. The third-order valence-electron chi connectivity index (χ3n) is 4.06. The highest BCUT2D eigenvalue weighted by Crippen LogP contribution is 2.26. The molecule has 0 bridgehead atoms. The van der Waals surface area contributed by atoms with Crippen LogP contribution in [0.3, 0.4) is 0 Å². The Morgan fingerprint density at radius 1 is 1.04 bits per heavy atom. The molecular formula is C18H15N3O3. The van der Waals surface area contributed by atoms with Crippen LogP contribution in [0.2, 0.25) is 0 Å². The van der Waals surface area contributed by atoms with Crippen molar-refractivity contribution in [2.24, 2.45) is 0 Å². The molecule has 24 heavy (non-hydrogen) atoms. The van der Waals surface area contributed by atoms with E-state index < -0.39 is 0 Å². The van der Waals surface area contributed by atoms with Crippen LogP contribution in [0, 0.1) is 0 Å². The highest BCUT2D eigenvalue weighted by atomic mass is 16.5. The highest BCUT2D eigenvalue weighted by molar-refractivity contribution is 6.03. The third kappa shape index (κ3) is 2.04. The first-order valence-corrected chi connectivity index (χ1v) is 7.44. The van der Waals surface area contributed by atoms with Gasteiger partial charge in [0.05, 0.1) is 30.6 Å². The quantitative estimate of drug-likeness (QED) is 0.630. The van der Waals surface area contributed by atoms with Crippen LogP contribution in [0.4, 0.5) is 0 Å². The molecule has 0 aliphatic heterocycles. The van der Waals surface area contributed by atoms with Crippen molar-refractivity contribution in [1.82, 2.24) is 14.8 Å². The fourth-order valence-corrected chi connectivity index (χ4v) is 2.85. The zero-order chi connectivity index (χ0) is 16.7. The number of hydrogen-bond acceptors (Lipinski definition) is 4. The van der Waals surface area contributed by atoms with Gasteiger partial charge in [-0.3, -0.25) is 14.9 Å². The van der Waals surface area contributed by atoms with Gasteiger partial charge in [-0.1, -0.05) is 12.1 Å². The number of fused-ring (bicyclic) bond motifs is 3. The van der Waals surface area contributed by atoms with Crippen LogP contribution < -0.4 is 15.0 Å². The number of H-pyrrole nitrogens is 1. The van der Waals surface area contributed by atoms with E-state index in [0.29, 0.717) is 16.8 Å². The number of benzene rings is 2. The lowest BCUT2D eigenvalue weighted by molar-refractivity contribution is 0.411. The Morgan fingerprint density at radius 2 is 1.88 bits per heavy atom. The van der Waals surface area contributed by atoms with E-state index in [2.05, 4.69) is 10.1 Å². The molecule has 2 aromatic carbocycles. The van der Waals surface area contributed by atoms with Crippen molar-refractivity contribution >= 4 is 21.8 Å². The van der Waals surface area contributed by atoms with Crippen LogP contribution in [0.15, 0.2) is 53.5 Å². The van der Waals surface area contributed by atoms with Crippen molar-refractivity contribution in [2.75, 3.05) is 14.2 Å². The lowest BCUT2D eigenvalue weighted by Gasteiger charge is -2.07. The number of methoxy groups -OCH3 is 2. The maximum atomic E-state index is 12.8. The number of aromatic nitrogens is 3. The molecule has 2 aromatic heterocycles. The van der Waals surface area contributed by atoms with E-state index in [-0.39, 0.29) is 5.56 Å². The molecular weight excluding hydrogens is 306 g/mol. The molecule has 0 saturated carbocycles. The van der Waals surface area contributed by atoms with Crippen LogP contribution >= 0.6 is 0 Å². The summed E-state index contributed by atoms with van der Waals surface area (Å²) in [6.45, 7) is 0. The standard InChI is InChI=1S/C18H15N3O3/c1-23-11-7-8-12-14(9-11)19-10-13-17(12)20-21(18(13)22)15-5-3-4-6-16(15)24-2/h3-10,20H,1-2H3. The Bertz CT molecular complexity index is 1110. The Balaban J connectivity index is 2.04. The van der Waals surface area contributed by atoms with E-state index in [1.54, 1.807) is 20.4 Å². The predicted molar refractivity (Wildman–Crippen MR) is 92.3 cm³/mol. The fourth-order valence-electron chi connectivity index (χ4n) is 2.85. The van der Waals surface area contributed by atoms with Crippen molar-refractivity contribution in [3.8, 4) is 17.2 Å². The van der Waals surface area contributed by atoms with E-state index >= 15 is 0 Å². The molecule has 6 heteroatoms. The predicted octanol–water partition coefficient (Wildman–Crippen LogP) is 2.88. The van der Waals surface area contributed by atoms with Crippen LogP contribution in [-0.2, 0) is 0 Å². The van der Waals surface area contributed by atoms with Crippen LogP contribution in [0.25, 0.3) is 27.5 Å². The molecule has 4 aromatic rings. The molecule has 0 aliphatic carbocycles. The number of ether oxygens (including phenoxy) is 2. The molecule has 0 aliphatic rings. The number of nitrogens with one attached hydrogen (secondary N) is 1. The average Bonchev–Trinajstić information content (AvgIpc) is 2.98. The largest absolute Gasteiger partial charge is 0.497 e. The number of rotatable bonds is 3. The third-order valence-corrected chi connectivity index (χ3v) is 4.06. The normalized spacial score (nSPS) is 11.1. The molecule has 0 unspecified atom stereocenters. The van der Waals surface area contributed by atoms with Crippen LogP contribution in [0.5, 0.6) is 11.5 Å². The summed E-state index contributed by atoms with van der Waals surface area (Å²) in [5.41, 5.74) is 1.98. The summed E-state index contributed by atoms with van der Waals surface area (Å²) in [6.07, 6.45) is 1.59. The number of nitrogens with zero attached hydrogens (tertiary/aromatic N) is 2. The van der Waals surface area contributed by atoms with Gasteiger partial charge in [0.1, 0.15) is 17.2 Å². The number of pyridine rings is 1. The molecule has 6 nitrogen and oxygen atoms in total. The van der Waals surface area contributed by atoms with Gasteiger partial charge in [-0.15, -0.1) is 0 Å². The first-order valence-electron chi connectivity index (χ1n) is 7.44. The minimum absolute atomic E-state index is 0.167. The summed E-state index contributed by atoms with van der Waals surface area (Å²) in [7, 11) is 3.19. The SMILES string of the molecule is COc1ccc2c(c1)ncc1c(=O)n(-c3ccccc3OC)[nH]c12. The second-order valence-electron chi connectivity index (χ2n) is 5.35. The van der Waals surface area contributed by atoms with E-state index in [4.69, 9.17) is 9.47 Å². The maximum absolute atomic E-state index is 12.8. The zero-order valence-corrected chi connectivity index (χ0v) is 13.2. The molecule has 4 rings (SSSR count). The zero-order valence-electron chi connectivity index (χ0n) is 13.2. The average molecular weight is 321 g/mol. The summed E-state index contributed by atoms with van der Waals surface area (Å²) in [4.78, 5) is 17.2. The summed E-state index contributed by atoms with van der Waals surface area (Å²) in [5.74, 6) is 1.34. The van der Waals surface area contributed by atoms with Crippen molar-refractivity contribution in [3.63, 3.8) is 0 Å². The van der Waals surface area contributed by atoms with Gasteiger partial charge >= 0.3 is 0 Å². The fraction of sp³-hybridized carbons (Fsp3) is 0.111. The minimum Gasteiger partial charge on any atom is -0.497 e. The highest BCUT2D eigenvalue weighted by Gasteiger charge is 2.14. The first kappa shape index (κ1) is 14.3. The second kappa shape index (κ2) is 5.42. The van der Waals surface area contributed by atoms with Gasteiger partial charge < -0.3 is 9.47 Å². The van der Waals surface area contributed by atoms with E-state index in [9.17, 15) is 4.79 Å². The van der Waals surface area contributed by atoms with Gasteiger partial charge in [0.25, 0.3) is 5.56 Å². The Labute approximate surface area is 137 Å². The Kier molecular flexibility index (Phi) is 3.23. The number of aromatic amines is 1. The van der Waals surface area contributed by atoms with Crippen molar-refractivity contribution in [1.29, 1.82) is 0 Å². The molecule has 0 spiro atoms. The molecule has 0 amide bonds. The van der Waals surface area contributed by atoms with Crippen molar-refractivity contribution < 1.29 is 9.47 Å². The lowest BCUT2D eigenvalue weighted by atomic mass is 10.1. The van der Waals surface area contributed by atoms with Gasteiger partial charge in [-0.25, -0.2) is 4.68 Å². The summed E-state index contributed by atoms with van der Waals surface area (Å²) >= 11 is 0. The van der Waals surface area contributed by atoms with Crippen LogP contribution in [0.1, 0.15) is 0 Å². The van der Waals surface area contributed by atoms with E-state index in [0.717, 1.165) is 22.2 Å². The molecule has 2 heterocycles. The van der Waals surface area contributed by atoms with E-state index in [1.807, 2.05) is 42.5 Å².